The van der Waals surface area contributed by atoms with Crippen LogP contribution in [0.25, 0.3) is 0 Å². The van der Waals surface area contributed by atoms with E-state index in [1.807, 2.05) is 0 Å². The van der Waals surface area contributed by atoms with E-state index in [0.717, 1.165) is 0 Å². The Morgan fingerprint density at radius 1 is 1.22 bits per heavy atom. The van der Waals surface area contributed by atoms with Crippen LogP contribution in [0.1, 0.15) is 0 Å². The van der Waals surface area contributed by atoms with Crippen molar-refractivity contribution in [1.29, 1.82) is 0 Å². The average molecular weight is 137 g/mol. The molecule has 0 spiro atoms. The second-order valence-corrected chi connectivity index (χ2v) is 2.92. The molecule has 0 amide bonds. The van der Waals surface area contributed by atoms with Crippen LogP contribution >= 0.6 is 11.9 Å². The van der Waals surface area contributed by atoms with Crippen molar-refractivity contribution in [3.8, 4) is 0 Å². The molecule has 0 N–H and O–H groups in total. The molecule has 0 aromatic carbocycles. The van der Waals surface area contributed by atoms with Crippen LogP contribution in [0.2, 0.25) is 0 Å². The van der Waals surface area contributed by atoms with Gasteiger partial charge in [-0.2, -0.15) is 0 Å². The molecule has 0 saturated carbocycles. The molecule has 2 rings (SSSR count). The fraction of sp³-hybridized carbons (Fsp3) is 0.143. The van der Waals surface area contributed by atoms with Crippen molar-refractivity contribution in [2.24, 2.45) is 0 Å². The molecule has 2 heterocycles. The van der Waals surface area contributed by atoms with E-state index in [1.54, 1.807) is 11.9 Å². The fourth-order valence-electron chi connectivity index (χ4n) is 0.937. The van der Waals surface area contributed by atoms with E-state index >= 15 is 0 Å². The van der Waals surface area contributed by atoms with Crippen LogP contribution < -0.4 is 0 Å². The molecule has 0 fully saturated rings. The van der Waals surface area contributed by atoms with E-state index in [-0.39, 0.29) is 0 Å². The van der Waals surface area contributed by atoms with Gasteiger partial charge >= 0.3 is 0 Å². The predicted octanol–water partition coefficient (Wildman–Crippen LogP) is 1.92. The summed E-state index contributed by atoms with van der Waals surface area (Å²) in [6, 6.07) is 0.514. The maximum Gasteiger partial charge on any atom is 0.0775 e. The lowest BCUT2D eigenvalue weighted by molar-refractivity contribution is 0.607. The normalized spacial score (nSPS) is 29.3. The molecule has 0 aromatic heterocycles. The Labute approximate surface area is 58.9 Å². The smallest absolute Gasteiger partial charge is 0.0775 e. The van der Waals surface area contributed by atoms with Gasteiger partial charge in [0, 0.05) is 6.20 Å². The Hall–Kier alpha value is -0.630. The molecule has 2 aliphatic heterocycles. The molecule has 0 saturated heterocycles. The minimum absolute atomic E-state index is 0.514. The third kappa shape index (κ3) is 0.793. The van der Waals surface area contributed by atoms with Gasteiger partial charge in [0.25, 0.3) is 0 Å². The van der Waals surface area contributed by atoms with E-state index in [2.05, 4.69) is 40.2 Å². The van der Waals surface area contributed by atoms with Gasteiger partial charge in [0.1, 0.15) is 0 Å². The second-order valence-electron chi connectivity index (χ2n) is 2.01. The van der Waals surface area contributed by atoms with E-state index in [0.29, 0.717) is 6.04 Å². The van der Waals surface area contributed by atoms with Crippen molar-refractivity contribution in [2.75, 3.05) is 0 Å². The van der Waals surface area contributed by atoms with Crippen LogP contribution in [0, 0.1) is 0 Å². The van der Waals surface area contributed by atoms with Crippen molar-refractivity contribution < 1.29 is 0 Å². The molecule has 9 heavy (non-hydrogen) atoms. The predicted molar refractivity (Wildman–Crippen MR) is 40.6 cm³/mol. The number of hydrogen-bond donors (Lipinski definition) is 0. The van der Waals surface area contributed by atoms with Crippen molar-refractivity contribution in [1.82, 2.24) is 4.31 Å². The molecular weight excluding hydrogens is 130 g/mol. The number of allylic oxidation sites excluding steroid dienone is 2. The number of nitrogens with zero attached hydrogens (tertiary/aromatic N) is 1. The molecule has 1 atom stereocenters. The first-order valence-electron chi connectivity index (χ1n) is 2.93. The van der Waals surface area contributed by atoms with Gasteiger partial charge in [0.2, 0.25) is 0 Å². The van der Waals surface area contributed by atoms with Crippen molar-refractivity contribution >= 4 is 11.9 Å². The minimum Gasteiger partial charge on any atom is -0.309 e. The number of hydrogen-bond acceptors (Lipinski definition) is 2. The summed E-state index contributed by atoms with van der Waals surface area (Å²) in [4.78, 5) is 0. The van der Waals surface area contributed by atoms with Crippen molar-refractivity contribution in [3.05, 3.63) is 35.9 Å². The van der Waals surface area contributed by atoms with Crippen LogP contribution in [0.5, 0.6) is 0 Å². The van der Waals surface area contributed by atoms with Crippen molar-refractivity contribution in [3.63, 3.8) is 0 Å². The first-order valence-corrected chi connectivity index (χ1v) is 3.77. The fourth-order valence-corrected chi connectivity index (χ4v) is 1.73. The van der Waals surface area contributed by atoms with E-state index in [9.17, 15) is 0 Å². The van der Waals surface area contributed by atoms with Gasteiger partial charge in [-0.15, -0.1) is 0 Å². The van der Waals surface area contributed by atoms with Gasteiger partial charge in [-0.3, -0.25) is 0 Å². The molecule has 2 heteroatoms. The first-order chi connectivity index (χ1) is 4.47. The molecule has 1 unspecified atom stereocenters. The van der Waals surface area contributed by atoms with Crippen LogP contribution in [0.3, 0.4) is 0 Å². The van der Waals surface area contributed by atoms with Crippen molar-refractivity contribution in [2.45, 2.75) is 6.04 Å². The first kappa shape index (κ1) is 5.18. The summed E-state index contributed by atoms with van der Waals surface area (Å²) in [6.45, 7) is 0. The average Bonchev–Trinajstić information content (AvgIpc) is 2.33. The molecule has 2 aliphatic rings. The van der Waals surface area contributed by atoms with Gasteiger partial charge in [-0.05, 0) is 29.5 Å². The molecule has 0 bridgehead atoms. The Balaban J connectivity index is 2.25. The molecule has 0 aliphatic carbocycles. The van der Waals surface area contributed by atoms with Gasteiger partial charge in [0.05, 0.1) is 6.04 Å². The number of fused-ring (bicyclic) bond motifs is 1. The molecular formula is C7H7NS. The van der Waals surface area contributed by atoms with Crippen LogP contribution in [-0.2, 0) is 0 Å². The van der Waals surface area contributed by atoms with E-state index < -0.39 is 0 Å². The molecule has 0 aromatic rings. The summed E-state index contributed by atoms with van der Waals surface area (Å²) in [5.74, 6) is 0. The Bertz CT molecular complexity index is 193. The largest absolute Gasteiger partial charge is 0.309 e. The lowest BCUT2D eigenvalue weighted by Crippen LogP contribution is -2.17. The number of rotatable bonds is 0. The maximum absolute atomic E-state index is 2.21. The van der Waals surface area contributed by atoms with Crippen LogP contribution in [0.15, 0.2) is 35.9 Å². The summed E-state index contributed by atoms with van der Waals surface area (Å²) >= 11 is 1.74. The third-order valence-corrected chi connectivity index (χ3v) is 2.29. The Kier molecular flexibility index (Phi) is 1.12. The summed E-state index contributed by atoms with van der Waals surface area (Å²) in [5.41, 5.74) is 0. The highest BCUT2D eigenvalue weighted by atomic mass is 32.2. The lowest BCUT2D eigenvalue weighted by atomic mass is 10.2. The zero-order valence-electron chi connectivity index (χ0n) is 4.90. The SMILES string of the molecule is C1=CC2C=CSN2C=C1. The van der Waals surface area contributed by atoms with Crippen LogP contribution in [0.4, 0.5) is 0 Å². The topological polar surface area (TPSA) is 3.24 Å². The quantitative estimate of drug-likeness (QED) is 0.469. The van der Waals surface area contributed by atoms with E-state index in [1.165, 1.54) is 0 Å². The highest BCUT2D eigenvalue weighted by Crippen LogP contribution is 2.27. The molecule has 46 valence electrons. The lowest BCUT2D eigenvalue weighted by Gasteiger charge is -2.19. The molecule has 1 nitrogen and oxygen atoms in total. The standard InChI is InChI=1S/C7H7NS/c1-2-5-8-7(3-1)4-6-9-8/h1-7H. The van der Waals surface area contributed by atoms with Gasteiger partial charge < -0.3 is 4.31 Å². The van der Waals surface area contributed by atoms with E-state index in [4.69, 9.17) is 0 Å². The van der Waals surface area contributed by atoms with Gasteiger partial charge in [-0.25, -0.2) is 0 Å². The monoisotopic (exact) mass is 137 g/mol. The minimum atomic E-state index is 0.514. The second kappa shape index (κ2) is 1.95. The van der Waals surface area contributed by atoms with Gasteiger partial charge in [0.15, 0.2) is 0 Å². The summed E-state index contributed by atoms with van der Waals surface area (Å²) in [5, 5.41) is 2.12. The van der Waals surface area contributed by atoms with Gasteiger partial charge in [-0.1, -0.05) is 12.2 Å². The molecule has 0 radical (unpaired) electrons. The summed E-state index contributed by atoms with van der Waals surface area (Å²) in [6.07, 6.45) is 10.6. The highest BCUT2D eigenvalue weighted by Gasteiger charge is 2.14. The highest BCUT2D eigenvalue weighted by molar-refractivity contribution is 8.00. The zero-order chi connectivity index (χ0) is 6.10. The third-order valence-electron chi connectivity index (χ3n) is 1.40. The van der Waals surface area contributed by atoms with Crippen LogP contribution in [-0.4, -0.2) is 10.3 Å². The maximum atomic E-state index is 2.21. The summed E-state index contributed by atoms with van der Waals surface area (Å²) in [7, 11) is 0. The Morgan fingerprint density at radius 3 is 3.11 bits per heavy atom. The summed E-state index contributed by atoms with van der Waals surface area (Å²) < 4.78 is 2.21. The Morgan fingerprint density at radius 2 is 2.22 bits per heavy atom. The zero-order valence-corrected chi connectivity index (χ0v) is 5.71.